The van der Waals surface area contributed by atoms with Gasteiger partial charge in [0.25, 0.3) is 0 Å². The minimum atomic E-state index is 0. The van der Waals surface area contributed by atoms with E-state index in [0.717, 1.165) is 16.7 Å². The Morgan fingerprint density at radius 1 is 1.14 bits per heavy atom. The van der Waals surface area contributed by atoms with Crippen molar-refractivity contribution in [1.82, 2.24) is 0 Å². The summed E-state index contributed by atoms with van der Waals surface area (Å²) in [5, 5.41) is 0. The van der Waals surface area contributed by atoms with Gasteiger partial charge in [0.1, 0.15) is 0 Å². The normalized spacial score (nSPS) is 11.9. The Labute approximate surface area is 146 Å². The van der Waals surface area contributed by atoms with E-state index in [0.29, 0.717) is 0 Å². The predicted molar refractivity (Wildman–Crippen MR) is 90.8 cm³/mol. The average Bonchev–Trinajstić information content (AvgIpc) is 2.46. The van der Waals surface area contributed by atoms with E-state index in [1.54, 1.807) is 0 Å². The third kappa shape index (κ3) is 2.89. The minimum absolute atomic E-state index is 0. The van der Waals surface area contributed by atoms with Crippen LogP contribution in [0.3, 0.4) is 0 Å². The maximum absolute atomic E-state index is 3.89. The Kier molecular flexibility index (Phi) is 4.94. The van der Waals surface area contributed by atoms with Gasteiger partial charge in [-0.3, -0.25) is 0 Å². The van der Waals surface area contributed by atoms with E-state index in [1.165, 1.54) is 27.8 Å². The van der Waals surface area contributed by atoms with Crippen LogP contribution < -0.4 is 0 Å². The van der Waals surface area contributed by atoms with E-state index in [1.807, 2.05) is 12.2 Å². The van der Waals surface area contributed by atoms with Crippen molar-refractivity contribution < 1.29 is 20.1 Å². The van der Waals surface area contributed by atoms with Gasteiger partial charge in [0.2, 0.25) is 0 Å². The fourth-order valence-corrected chi connectivity index (χ4v) is 2.94. The average molecular weight is 463 g/mol. The molecule has 0 amide bonds. The molecule has 0 aliphatic heterocycles. The van der Waals surface area contributed by atoms with E-state index in [9.17, 15) is 0 Å². The first kappa shape index (κ1) is 16.6. The van der Waals surface area contributed by atoms with Crippen molar-refractivity contribution in [3.8, 4) is 0 Å². The van der Waals surface area contributed by atoms with Crippen molar-refractivity contribution >= 4 is 17.7 Å². The molecule has 0 heterocycles. The van der Waals surface area contributed by atoms with E-state index >= 15 is 0 Å². The fourth-order valence-electron chi connectivity index (χ4n) is 2.94. The van der Waals surface area contributed by atoms with Crippen LogP contribution in [0.25, 0.3) is 17.7 Å². The molecule has 2 aromatic rings. The Hall–Kier alpha value is -1.78. The number of aryl methyl sites for hydroxylation is 2. The SMILES string of the molecule is C=Cc1ccc2c(c1C)C=C[C+]=C2c1[c-]c(C)cc(C)c1.[Ir]. The molecule has 0 bridgehead atoms. The zero-order valence-corrected chi connectivity index (χ0v) is 15.5. The third-order valence-electron chi connectivity index (χ3n) is 3.94. The number of fused-ring (bicyclic) bond motifs is 1. The summed E-state index contributed by atoms with van der Waals surface area (Å²) in [5.41, 5.74) is 9.59. The van der Waals surface area contributed by atoms with Crippen molar-refractivity contribution in [2.24, 2.45) is 0 Å². The Morgan fingerprint density at radius 2 is 1.91 bits per heavy atom. The van der Waals surface area contributed by atoms with Crippen LogP contribution >= 0.6 is 0 Å². The molecule has 0 saturated heterocycles. The van der Waals surface area contributed by atoms with E-state index in [4.69, 9.17) is 0 Å². The van der Waals surface area contributed by atoms with Crippen LogP contribution in [0.2, 0.25) is 0 Å². The summed E-state index contributed by atoms with van der Waals surface area (Å²) >= 11 is 0. The smallest absolute Gasteiger partial charge is 0.0822 e. The van der Waals surface area contributed by atoms with Gasteiger partial charge >= 0.3 is 0 Å². The number of hydrogen-bond acceptors (Lipinski definition) is 0. The molecule has 1 radical (unpaired) electrons. The molecular weight excluding hydrogens is 444 g/mol. The van der Waals surface area contributed by atoms with E-state index in [-0.39, 0.29) is 20.1 Å². The summed E-state index contributed by atoms with van der Waals surface area (Å²) in [5.74, 6) is 0. The largest absolute Gasteiger partial charge is 0.135 e. The zero-order valence-electron chi connectivity index (χ0n) is 13.1. The quantitative estimate of drug-likeness (QED) is 0.531. The zero-order chi connectivity index (χ0) is 15.0. The maximum atomic E-state index is 3.89. The Morgan fingerprint density at radius 3 is 2.59 bits per heavy atom. The second-order valence-electron chi connectivity index (χ2n) is 5.55. The summed E-state index contributed by atoms with van der Waals surface area (Å²) in [6.07, 6.45) is 9.43. The van der Waals surface area contributed by atoms with Gasteiger partial charge in [-0.15, -0.1) is 17.2 Å². The van der Waals surface area contributed by atoms with Crippen LogP contribution in [-0.2, 0) is 20.1 Å². The predicted octanol–water partition coefficient (Wildman–Crippen LogP) is 5.31. The molecule has 0 N–H and O–H groups in total. The number of allylic oxidation sites excluding steroid dienone is 2. The number of rotatable bonds is 2. The molecule has 0 spiro atoms. The standard InChI is InChI=1S/C21H18.Ir/c1-5-17-9-10-21-19(16(17)4)7-6-8-20(21)18-12-14(2)11-15(3)13-18;/h5-7,9-12H,1H2,2-4H3;. The van der Waals surface area contributed by atoms with Crippen LogP contribution in [0.4, 0.5) is 0 Å². The van der Waals surface area contributed by atoms with Gasteiger partial charge in [-0.25, -0.2) is 0 Å². The van der Waals surface area contributed by atoms with Crippen LogP contribution in [0, 0.1) is 32.9 Å². The molecule has 1 heteroatoms. The molecule has 3 rings (SSSR count). The van der Waals surface area contributed by atoms with Crippen molar-refractivity contribution in [1.29, 1.82) is 0 Å². The molecule has 0 aromatic heterocycles. The summed E-state index contributed by atoms with van der Waals surface area (Å²) in [6.45, 7) is 10.2. The molecule has 1 aliphatic rings. The van der Waals surface area contributed by atoms with E-state index < -0.39 is 0 Å². The van der Waals surface area contributed by atoms with Gasteiger partial charge in [0, 0.05) is 31.7 Å². The molecule has 0 fully saturated rings. The fraction of sp³-hybridized carbons (Fsp3) is 0.143. The molecule has 1 aliphatic carbocycles. The van der Waals surface area contributed by atoms with Crippen LogP contribution in [-0.4, -0.2) is 0 Å². The second kappa shape index (κ2) is 6.55. The Bertz CT molecular complexity index is 772. The van der Waals surface area contributed by atoms with Gasteiger partial charge in [0.15, 0.2) is 0 Å². The summed E-state index contributed by atoms with van der Waals surface area (Å²) in [7, 11) is 0. The van der Waals surface area contributed by atoms with Gasteiger partial charge in [0.05, 0.1) is 17.2 Å². The van der Waals surface area contributed by atoms with Crippen molar-refractivity contribution in [2.45, 2.75) is 20.8 Å². The number of hydrogen-bond donors (Lipinski definition) is 0. The molecule has 2 aromatic carbocycles. The molecule has 22 heavy (non-hydrogen) atoms. The number of benzene rings is 2. The van der Waals surface area contributed by atoms with Crippen LogP contribution in [0.1, 0.15) is 38.9 Å². The van der Waals surface area contributed by atoms with Gasteiger partial charge in [-0.1, -0.05) is 44.2 Å². The van der Waals surface area contributed by atoms with Gasteiger partial charge < -0.3 is 0 Å². The summed E-state index contributed by atoms with van der Waals surface area (Å²) < 4.78 is 0. The molecular formula is C21H18Ir. The minimum Gasteiger partial charge on any atom is -0.135 e. The summed E-state index contributed by atoms with van der Waals surface area (Å²) in [4.78, 5) is 0. The van der Waals surface area contributed by atoms with Gasteiger partial charge in [-0.2, -0.15) is 0 Å². The van der Waals surface area contributed by atoms with Crippen molar-refractivity contribution in [3.63, 3.8) is 0 Å². The molecule has 0 atom stereocenters. The third-order valence-corrected chi connectivity index (χ3v) is 3.94. The van der Waals surface area contributed by atoms with Crippen molar-refractivity contribution in [3.05, 3.63) is 88.0 Å². The van der Waals surface area contributed by atoms with E-state index in [2.05, 4.69) is 69.8 Å². The summed E-state index contributed by atoms with van der Waals surface area (Å²) in [6, 6.07) is 12.1. The van der Waals surface area contributed by atoms with Crippen LogP contribution in [0.15, 0.2) is 36.9 Å². The van der Waals surface area contributed by atoms with Crippen molar-refractivity contribution in [2.75, 3.05) is 0 Å². The second-order valence-corrected chi connectivity index (χ2v) is 5.55. The van der Waals surface area contributed by atoms with Crippen LogP contribution in [0.5, 0.6) is 0 Å². The molecule has 111 valence electrons. The monoisotopic (exact) mass is 463 g/mol. The molecule has 0 nitrogen and oxygen atoms in total. The topological polar surface area (TPSA) is 0 Å². The Balaban J connectivity index is 0.00000176. The first-order chi connectivity index (χ1) is 10.1. The molecule has 0 saturated carbocycles. The first-order valence-electron chi connectivity index (χ1n) is 7.17. The molecule has 0 unspecified atom stereocenters. The van der Waals surface area contributed by atoms with Gasteiger partial charge in [-0.05, 0) is 36.3 Å². The first-order valence-corrected chi connectivity index (χ1v) is 7.17. The maximum Gasteiger partial charge on any atom is 0.0822 e.